The smallest absolute Gasteiger partial charge is 0.255 e. The lowest BCUT2D eigenvalue weighted by molar-refractivity contribution is -0.117. The lowest BCUT2D eigenvalue weighted by atomic mass is 10.3. The quantitative estimate of drug-likeness (QED) is 0.410. The number of hydrogen-bond acceptors (Lipinski definition) is 3. The zero-order chi connectivity index (χ0) is 9.68. The van der Waals surface area contributed by atoms with Gasteiger partial charge in [-0.25, -0.2) is 10.9 Å². The summed E-state index contributed by atoms with van der Waals surface area (Å²) in [7, 11) is 0. The SMILES string of the molecule is N#CCC(=O)N(N)c1ccccc1. The molecule has 4 nitrogen and oxygen atoms in total. The van der Waals surface area contributed by atoms with Crippen molar-refractivity contribution >= 4 is 11.6 Å². The number of benzene rings is 1. The molecule has 0 unspecified atom stereocenters. The predicted molar refractivity (Wildman–Crippen MR) is 48.3 cm³/mol. The summed E-state index contributed by atoms with van der Waals surface area (Å²) in [5, 5.41) is 9.25. The molecule has 1 aromatic rings. The molecule has 13 heavy (non-hydrogen) atoms. The molecule has 0 radical (unpaired) electrons. The molecule has 0 aliphatic carbocycles. The van der Waals surface area contributed by atoms with Gasteiger partial charge in [0.1, 0.15) is 6.42 Å². The third-order valence-corrected chi connectivity index (χ3v) is 1.53. The first kappa shape index (κ1) is 9.23. The second-order valence-corrected chi connectivity index (χ2v) is 2.43. The molecule has 0 aromatic heterocycles. The Morgan fingerprint density at radius 1 is 1.46 bits per heavy atom. The minimum atomic E-state index is -0.409. The van der Waals surface area contributed by atoms with E-state index < -0.39 is 5.91 Å². The Morgan fingerprint density at radius 2 is 2.08 bits per heavy atom. The van der Waals surface area contributed by atoms with Crippen LogP contribution in [0.5, 0.6) is 0 Å². The molecule has 1 rings (SSSR count). The summed E-state index contributed by atoms with van der Waals surface area (Å²) in [6.45, 7) is 0. The fourth-order valence-corrected chi connectivity index (χ4v) is 0.885. The Bertz CT molecular complexity index is 328. The lowest BCUT2D eigenvalue weighted by Gasteiger charge is -2.14. The molecular weight excluding hydrogens is 166 g/mol. The van der Waals surface area contributed by atoms with Crippen molar-refractivity contribution in [1.29, 1.82) is 5.26 Å². The van der Waals surface area contributed by atoms with Gasteiger partial charge in [0.2, 0.25) is 0 Å². The highest BCUT2D eigenvalue weighted by Gasteiger charge is 2.09. The lowest BCUT2D eigenvalue weighted by Crippen LogP contribution is -2.36. The first-order valence-electron chi connectivity index (χ1n) is 3.75. The number of carbonyl (C=O) groups excluding carboxylic acids is 1. The number of amides is 1. The van der Waals surface area contributed by atoms with Crippen molar-refractivity contribution in [3.63, 3.8) is 0 Å². The van der Waals surface area contributed by atoms with Crippen LogP contribution in [0.15, 0.2) is 30.3 Å². The second-order valence-electron chi connectivity index (χ2n) is 2.43. The van der Waals surface area contributed by atoms with Gasteiger partial charge in [0.15, 0.2) is 0 Å². The van der Waals surface area contributed by atoms with Crippen LogP contribution in [-0.4, -0.2) is 5.91 Å². The molecule has 1 aromatic carbocycles. The third-order valence-electron chi connectivity index (χ3n) is 1.53. The van der Waals surface area contributed by atoms with Crippen molar-refractivity contribution in [3.05, 3.63) is 30.3 Å². The molecule has 0 bridgehead atoms. The summed E-state index contributed by atoms with van der Waals surface area (Å²) in [5.74, 6) is 5.05. The van der Waals surface area contributed by atoms with Crippen molar-refractivity contribution in [1.82, 2.24) is 0 Å². The van der Waals surface area contributed by atoms with E-state index >= 15 is 0 Å². The van der Waals surface area contributed by atoms with E-state index in [1.54, 1.807) is 30.3 Å². The minimum Gasteiger partial charge on any atom is -0.272 e. The fraction of sp³-hybridized carbons (Fsp3) is 0.111. The van der Waals surface area contributed by atoms with Crippen LogP contribution in [0.3, 0.4) is 0 Å². The van der Waals surface area contributed by atoms with Gasteiger partial charge in [-0.1, -0.05) is 18.2 Å². The first-order valence-corrected chi connectivity index (χ1v) is 3.75. The van der Waals surface area contributed by atoms with Crippen LogP contribution in [-0.2, 0) is 4.79 Å². The van der Waals surface area contributed by atoms with Gasteiger partial charge in [-0.3, -0.25) is 4.79 Å². The average Bonchev–Trinajstić information content (AvgIpc) is 2.18. The van der Waals surface area contributed by atoms with Gasteiger partial charge >= 0.3 is 0 Å². The largest absolute Gasteiger partial charge is 0.272 e. The Hall–Kier alpha value is -1.86. The Kier molecular flexibility index (Phi) is 3.01. The number of nitrogens with zero attached hydrogens (tertiary/aromatic N) is 2. The molecule has 66 valence electrons. The predicted octanol–water partition coefficient (Wildman–Crippen LogP) is 0.807. The standard InChI is InChI=1S/C9H9N3O/c10-7-6-9(13)12(11)8-4-2-1-3-5-8/h1-5H,6,11H2. The van der Waals surface area contributed by atoms with Gasteiger partial charge < -0.3 is 0 Å². The van der Waals surface area contributed by atoms with Crippen LogP contribution >= 0.6 is 0 Å². The van der Waals surface area contributed by atoms with Crippen LogP contribution in [0.1, 0.15) is 6.42 Å². The van der Waals surface area contributed by atoms with Gasteiger partial charge in [0.05, 0.1) is 11.8 Å². The number of rotatable bonds is 2. The number of hydrogen-bond donors (Lipinski definition) is 1. The van der Waals surface area contributed by atoms with E-state index in [4.69, 9.17) is 11.1 Å². The van der Waals surface area contributed by atoms with E-state index in [2.05, 4.69) is 0 Å². The van der Waals surface area contributed by atoms with E-state index in [1.165, 1.54) is 0 Å². The van der Waals surface area contributed by atoms with Crippen LogP contribution in [0.2, 0.25) is 0 Å². The molecule has 0 saturated heterocycles. The molecule has 0 heterocycles. The number of hydrazine groups is 1. The molecule has 0 aliphatic rings. The number of nitriles is 1. The third kappa shape index (κ3) is 2.29. The second kappa shape index (κ2) is 4.24. The highest BCUT2D eigenvalue weighted by molar-refractivity contribution is 5.93. The Morgan fingerprint density at radius 3 is 2.62 bits per heavy atom. The molecule has 0 spiro atoms. The molecule has 0 fully saturated rings. The van der Waals surface area contributed by atoms with Gasteiger partial charge in [-0.15, -0.1) is 0 Å². The van der Waals surface area contributed by atoms with Crippen molar-refractivity contribution < 1.29 is 4.79 Å². The maximum atomic E-state index is 11.1. The van der Waals surface area contributed by atoms with Gasteiger partial charge in [-0.2, -0.15) is 5.26 Å². The van der Waals surface area contributed by atoms with Crippen molar-refractivity contribution in [2.45, 2.75) is 6.42 Å². The van der Waals surface area contributed by atoms with Crippen LogP contribution in [0.25, 0.3) is 0 Å². The molecule has 2 N–H and O–H groups in total. The Labute approximate surface area is 76.2 Å². The molecule has 1 amide bonds. The van der Waals surface area contributed by atoms with E-state index in [0.29, 0.717) is 5.69 Å². The molecule has 4 heteroatoms. The maximum Gasteiger partial charge on any atom is 0.255 e. The van der Waals surface area contributed by atoms with Crippen LogP contribution in [0, 0.1) is 11.3 Å². The summed E-state index contributed by atoms with van der Waals surface area (Å²) in [6.07, 6.45) is -0.203. The van der Waals surface area contributed by atoms with Gasteiger partial charge in [0.25, 0.3) is 5.91 Å². The summed E-state index contributed by atoms with van der Waals surface area (Å²) < 4.78 is 0. The van der Waals surface area contributed by atoms with Crippen LogP contribution < -0.4 is 10.9 Å². The summed E-state index contributed by atoms with van der Waals surface area (Å²) in [6, 6.07) is 10.5. The van der Waals surface area contributed by atoms with E-state index in [0.717, 1.165) is 5.01 Å². The summed E-state index contributed by atoms with van der Waals surface area (Å²) in [4.78, 5) is 11.1. The summed E-state index contributed by atoms with van der Waals surface area (Å²) >= 11 is 0. The van der Waals surface area contributed by atoms with E-state index in [9.17, 15) is 4.79 Å². The van der Waals surface area contributed by atoms with Crippen molar-refractivity contribution in [2.75, 3.05) is 5.01 Å². The number of carbonyl (C=O) groups is 1. The minimum absolute atomic E-state index is 0.203. The number of anilines is 1. The zero-order valence-electron chi connectivity index (χ0n) is 6.97. The normalized spacial score (nSPS) is 8.92. The zero-order valence-corrected chi connectivity index (χ0v) is 6.97. The average molecular weight is 175 g/mol. The molecular formula is C9H9N3O. The van der Waals surface area contributed by atoms with E-state index in [1.807, 2.05) is 6.07 Å². The number of para-hydroxylation sites is 1. The monoisotopic (exact) mass is 175 g/mol. The highest BCUT2D eigenvalue weighted by Crippen LogP contribution is 2.09. The topological polar surface area (TPSA) is 70.1 Å². The molecule has 0 atom stereocenters. The fourth-order valence-electron chi connectivity index (χ4n) is 0.885. The highest BCUT2D eigenvalue weighted by atomic mass is 16.2. The first-order chi connectivity index (χ1) is 6.25. The van der Waals surface area contributed by atoms with Gasteiger partial charge in [0, 0.05) is 0 Å². The molecule has 0 aliphatic heterocycles. The van der Waals surface area contributed by atoms with Gasteiger partial charge in [-0.05, 0) is 12.1 Å². The van der Waals surface area contributed by atoms with E-state index in [-0.39, 0.29) is 6.42 Å². The number of nitrogens with two attached hydrogens (primary N) is 1. The maximum absolute atomic E-state index is 11.1. The van der Waals surface area contributed by atoms with Crippen molar-refractivity contribution in [3.8, 4) is 6.07 Å². The molecule has 0 saturated carbocycles. The Balaban J connectivity index is 2.75. The van der Waals surface area contributed by atoms with Crippen LogP contribution in [0.4, 0.5) is 5.69 Å². The van der Waals surface area contributed by atoms with Crippen molar-refractivity contribution in [2.24, 2.45) is 5.84 Å². The summed E-state index contributed by atoms with van der Waals surface area (Å²) in [5.41, 5.74) is 0.586.